The molecule has 0 unspecified atom stereocenters. The first-order valence-corrected chi connectivity index (χ1v) is 10.8. The molecule has 2 aromatic carbocycles. The summed E-state index contributed by atoms with van der Waals surface area (Å²) in [4.78, 5) is 12.3. The topological polar surface area (TPSA) is 46.5 Å². The van der Waals surface area contributed by atoms with Crippen LogP contribution in [0.1, 0.15) is 46.7 Å². The molecule has 0 saturated heterocycles. The van der Waals surface area contributed by atoms with E-state index in [1.807, 2.05) is 13.8 Å². The van der Waals surface area contributed by atoms with Crippen molar-refractivity contribution in [2.45, 2.75) is 54.4 Å². The zero-order chi connectivity index (χ0) is 22.3. The number of imidazole rings is 2. The molecule has 5 heteroatoms. The molecule has 0 spiro atoms. The Morgan fingerprint density at radius 1 is 0.871 bits per heavy atom. The molecule has 2 aromatic heterocycles. The normalized spacial score (nSPS) is 11.3. The van der Waals surface area contributed by atoms with Gasteiger partial charge in [-0.25, -0.2) is 9.97 Å². The van der Waals surface area contributed by atoms with Gasteiger partial charge in [0.15, 0.2) is 11.6 Å². The van der Waals surface area contributed by atoms with Crippen molar-refractivity contribution in [3.05, 3.63) is 76.0 Å². The van der Waals surface area contributed by atoms with E-state index in [0.29, 0.717) is 11.6 Å². The summed E-state index contributed by atoms with van der Waals surface area (Å²) in [5.41, 5.74) is 9.77. The van der Waals surface area contributed by atoms with Crippen LogP contribution in [0.25, 0.3) is 28.6 Å². The third kappa shape index (κ3) is 3.80. The van der Waals surface area contributed by atoms with Gasteiger partial charge < -0.3 is 4.98 Å². The summed E-state index contributed by atoms with van der Waals surface area (Å²) in [5.74, 6) is 0.625. The predicted octanol–water partition coefficient (Wildman–Crippen LogP) is 6.56. The zero-order valence-electron chi connectivity index (χ0n) is 19.1. The van der Waals surface area contributed by atoms with Crippen LogP contribution in [0.15, 0.2) is 36.7 Å². The van der Waals surface area contributed by atoms with Crippen LogP contribution >= 0.6 is 0 Å². The number of halogens is 1. The first-order valence-electron chi connectivity index (χ1n) is 10.8. The van der Waals surface area contributed by atoms with E-state index in [1.54, 1.807) is 10.8 Å². The number of aromatic amines is 1. The van der Waals surface area contributed by atoms with Crippen molar-refractivity contribution in [3.63, 3.8) is 0 Å². The first kappa shape index (κ1) is 21.0. The fourth-order valence-corrected chi connectivity index (χ4v) is 4.71. The van der Waals surface area contributed by atoms with Gasteiger partial charge in [0.1, 0.15) is 0 Å². The highest BCUT2D eigenvalue weighted by Crippen LogP contribution is 2.31. The third-order valence-corrected chi connectivity index (χ3v) is 5.77. The Hall–Kier alpha value is -3.21. The Morgan fingerprint density at radius 3 is 2.13 bits per heavy atom. The second-order valence-electron chi connectivity index (χ2n) is 8.49. The SMILES string of the molecule is CCCc1cc(C)c(-n2c(F)cnc2-c2ncc(-c3c(C)cc(C)cc3C)[nH]2)c(C)c1. The smallest absolute Gasteiger partial charge is 0.218 e. The number of nitrogens with zero attached hydrogens (tertiary/aromatic N) is 3. The highest BCUT2D eigenvalue weighted by Gasteiger charge is 2.20. The summed E-state index contributed by atoms with van der Waals surface area (Å²) in [6.45, 7) is 12.5. The van der Waals surface area contributed by atoms with Crippen LogP contribution in [-0.4, -0.2) is 19.5 Å². The van der Waals surface area contributed by atoms with Crippen LogP contribution in [0, 0.1) is 40.6 Å². The molecule has 4 rings (SSSR count). The molecule has 160 valence electrons. The monoisotopic (exact) mass is 416 g/mol. The van der Waals surface area contributed by atoms with Gasteiger partial charge in [-0.1, -0.05) is 43.2 Å². The lowest BCUT2D eigenvalue weighted by Gasteiger charge is -2.15. The molecule has 0 radical (unpaired) electrons. The van der Waals surface area contributed by atoms with Gasteiger partial charge in [0.05, 0.1) is 23.8 Å². The molecule has 4 nitrogen and oxygen atoms in total. The maximum absolute atomic E-state index is 15.0. The fourth-order valence-electron chi connectivity index (χ4n) is 4.71. The number of aromatic nitrogens is 4. The second kappa shape index (κ2) is 8.14. The standard InChI is InChI=1S/C26H29FN4/c1-7-8-20-11-18(5)24(19(6)12-20)31-22(27)14-29-26(31)25-28-13-21(30-25)23-16(3)9-15(2)10-17(23)4/h9-14H,7-8H2,1-6H3,(H,28,30). The summed E-state index contributed by atoms with van der Waals surface area (Å²) < 4.78 is 16.5. The average Bonchev–Trinajstić information content (AvgIpc) is 3.28. The Balaban J connectivity index is 1.82. The van der Waals surface area contributed by atoms with Gasteiger partial charge >= 0.3 is 0 Å². The molecule has 0 saturated carbocycles. The van der Waals surface area contributed by atoms with Crippen molar-refractivity contribution in [2.75, 3.05) is 0 Å². The van der Waals surface area contributed by atoms with Crippen LogP contribution < -0.4 is 0 Å². The number of H-pyrrole nitrogens is 1. The highest BCUT2D eigenvalue weighted by molar-refractivity contribution is 5.70. The number of rotatable bonds is 5. The summed E-state index contributed by atoms with van der Waals surface area (Å²) in [7, 11) is 0. The van der Waals surface area contributed by atoms with Gasteiger partial charge in [0, 0.05) is 5.56 Å². The molecule has 0 bridgehead atoms. The van der Waals surface area contributed by atoms with E-state index < -0.39 is 5.95 Å². The number of benzene rings is 2. The predicted molar refractivity (Wildman–Crippen MR) is 124 cm³/mol. The largest absolute Gasteiger partial charge is 0.335 e. The molecule has 2 heterocycles. The van der Waals surface area contributed by atoms with Crippen LogP contribution in [0.5, 0.6) is 0 Å². The number of aryl methyl sites for hydroxylation is 6. The quantitative estimate of drug-likeness (QED) is 0.400. The van der Waals surface area contributed by atoms with E-state index in [9.17, 15) is 4.39 Å². The van der Waals surface area contributed by atoms with Crippen molar-refractivity contribution in [2.24, 2.45) is 0 Å². The minimum Gasteiger partial charge on any atom is -0.335 e. The summed E-state index contributed by atoms with van der Waals surface area (Å²) in [6, 6.07) is 8.60. The van der Waals surface area contributed by atoms with E-state index in [2.05, 4.69) is 66.9 Å². The molecule has 0 aliphatic rings. The fraction of sp³-hybridized carbons (Fsp3) is 0.308. The van der Waals surface area contributed by atoms with E-state index in [1.165, 1.54) is 28.5 Å². The molecule has 31 heavy (non-hydrogen) atoms. The molecule has 0 amide bonds. The van der Waals surface area contributed by atoms with E-state index in [0.717, 1.165) is 40.9 Å². The summed E-state index contributed by atoms with van der Waals surface area (Å²) in [5, 5.41) is 0. The molecular formula is C26H29FN4. The minimum atomic E-state index is -0.398. The Labute approximate surface area is 183 Å². The number of hydrogen-bond donors (Lipinski definition) is 1. The second-order valence-corrected chi connectivity index (χ2v) is 8.49. The zero-order valence-corrected chi connectivity index (χ0v) is 19.1. The van der Waals surface area contributed by atoms with Gasteiger partial charge in [-0.2, -0.15) is 4.39 Å². The van der Waals surface area contributed by atoms with Gasteiger partial charge in [-0.05, 0) is 68.9 Å². The molecule has 0 atom stereocenters. The van der Waals surface area contributed by atoms with E-state index in [4.69, 9.17) is 0 Å². The van der Waals surface area contributed by atoms with Crippen molar-refractivity contribution in [1.82, 2.24) is 19.5 Å². The van der Waals surface area contributed by atoms with E-state index in [-0.39, 0.29) is 0 Å². The van der Waals surface area contributed by atoms with Crippen molar-refractivity contribution < 1.29 is 4.39 Å². The van der Waals surface area contributed by atoms with E-state index >= 15 is 0 Å². The Bertz CT molecular complexity index is 1220. The van der Waals surface area contributed by atoms with Gasteiger partial charge in [0.2, 0.25) is 5.95 Å². The lowest BCUT2D eigenvalue weighted by atomic mass is 9.98. The molecule has 0 fully saturated rings. The lowest BCUT2D eigenvalue weighted by molar-refractivity contribution is 0.559. The maximum atomic E-state index is 15.0. The van der Waals surface area contributed by atoms with Crippen molar-refractivity contribution >= 4 is 0 Å². The van der Waals surface area contributed by atoms with Crippen molar-refractivity contribution in [3.8, 4) is 28.6 Å². The lowest BCUT2D eigenvalue weighted by Crippen LogP contribution is -2.06. The Morgan fingerprint density at radius 2 is 1.52 bits per heavy atom. The Kier molecular flexibility index (Phi) is 5.52. The number of nitrogens with one attached hydrogen (secondary N) is 1. The molecule has 1 N–H and O–H groups in total. The molecular weight excluding hydrogens is 387 g/mol. The van der Waals surface area contributed by atoms with Crippen LogP contribution in [0.4, 0.5) is 4.39 Å². The number of hydrogen-bond acceptors (Lipinski definition) is 2. The van der Waals surface area contributed by atoms with Crippen LogP contribution in [0.3, 0.4) is 0 Å². The van der Waals surface area contributed by atoms with Gasteiger partial charge in [-0.3, -0.25) is 4.57 Å². The first-order chi connectivity index (χ1) is 14.8. The summed E-state index contributed by atoms with van der Waals surface area (Å²) >= 11 is 0. The minimum absolute atomic E-state index is 0.398. The summed E-state index contributed by atoms with van der Waals surface area (Å²) in [6.07, 6.45) is 5.16. The van der Waals surface area contributed by atoms with Gasteiger partial charge in [-0.15, -0.1) is 0 Å². The maximum Gasteiger partial charge on any atom is 0.218 e. The van der Waals surface area contributed by atoms with Gasteiger partial charge in [0.25, 0.3) is 0 Å². The van der Waals surface area contributed by atoms with Crippen molar-refractivity contribution in [1.29, 1.82) is 0 Å². The molecule has 0 aliphatic heterocycles. The van der Waals surface area contributed by atoms with Crippen LogP contribution in [0.2, 0.25) is 0 Å². The third-order valence-electron chi connectivity index (χ3n) is 5.77. The van der Waals surface area contributed by atoms with Crippen LogP contribution in [-0.2, 0) is 6.42 Å². The average molecular weight is 417 g/mol. The highest BCUT2D eigenvalue weighted by atomic mass is 19.1. The molecule has 4 aromatic rings. The molecule has 0 aliphatic carbocycles.